The average Bonchev–Trinajstić information content (AvgIpc) is 2.77. The Hall–Kier alpha value is -0.940. The smallest absolute Gasteiger partial charge is 0.305 e. The van der Waals surface area contributed by atoms with Crippen LogP contribution in [-0.4, -0.2) is 40.8 Å². The highest BCUT2D eigenvalue weighted by Crippen LogP contribution is 2.38. The first kappa shape index (κ1) is 20.1. The van der Waals surface area contributed by atoms with Gasteiger partial charge in [0, 0.05) is 19.3 Å². The van der Waals surface area contributed by atoms with Gasteiger partial charge in [0.25, 0.3) is 0 Å². The topological polar surface area (TPSA) is 83.8 Å². The van der Waals surface area contributed by atoms with Gasteiger partial charge in [-0.25, -0.2) is 0 Å². The summed E-state index contributed by atoms with van der Waals surface area (Å²) in [5, 5.41) is 20.3. The molecule has 2 N–H and O–H groups in total. The molecule has 23 heavy (non-hydrogen) atoms. The van der Waals surface area contributed by atoms with E-state index in [-0.39, 0.29) is 30.0 Å². The number of hydrogen-bond donors (Lipinski definition) is 2. The molecule has 5 nitrogen and oxygen atoms in total. The van der Waals surface area contributed by atoms with Gasteiger partial charge in [-0.2, -0.15) is 0 Å². The molecule has 0 spiro atoms. The Morgan fingerprint density at radius 1 is 0.957 bits per heavy atom. The highest BCUT2D eigenvalue weighted by Gasteiger charge is 2.41. The molecular formula is C18H32O5. The van der Waals surface area contributed by atoms with Gasteiger partial charge in [0.15, 0.2) is 0 Å². The Labute approximate surface area is 139 Å². The van der Waals surface area contributed by atoms with Gasteiger partial charge in [0.1, 0.15) is 5.78 Å². The fraction of sp³-hybridized carbons (Fsp3) is 0.889. The Morgan fingerprint density at radius 3 is 2.13 bits per heavy atom. The number of aliphatic hydroxyl groups excluding tert-OH is 2. The third-order valence-electron chi connectivity index (χ3n) is 4.82. The van der Waals surface area contributed by atoms with Crippen LogP contribution in [0.4, 0.5) is 0 Å². The number of ether oxygens (including phenoxy) is 1. The molecule has 0 heterocycles. The molecule has 5 heteroatoms. The molecule has 1 fully saturated rings. The predicted octanol–water partition coefficient (Wildman–Crippen LogP) is 2.62. The van der Waals surface area contributed by atoms with E-state index in [9.17, 15) is 19.8 Å². The second-order valence-electron chi connectivity index (χ2n) is 6.58. The van der Waals surface area contributed by atoms with Crippen molar-refractivity contribution in [2.45, 2.75) is 83.8 Å². The number of carbonyl (C=O) groups excluding carboxylic acids is 2. The SMILES string of the molecule is CCCCCC(=O)CCC1C(O)CC(O)C1CCC(=O)OCC. The van der Waals surface area contributed by atoms with Crippen molar-refractivity contribution in [1.29, 1.82) is 0 Å². The van der Waals surface area contributed by atoms with Gasteiger partial charge < -0.3 is 14.9 Å². The van der Waals surface area contributed by atoms with Crippen LogP contribution in [0.1, 0.15) is 71.6 Å². The van der Waals surface area contributed by atoms with Crippen molar-refractivity contribution in [1.82, 2.24) is 0 Å². The van der Waals surface area contributed by atoms with Crippen LogP contribution in [0.2, 0.25) is 0 Å². The normalized spacial score (nSPS) is 27.1. The Balaban J connectivity index is 2.43. The monoisotopic (exact) mass is 328 g/mol. The standard InChI is InChI=1S/C18H32O5/c1-3-5-6-7-13(19)8-9-14-15(17(21)12-16(14)20)10-11-18(22)23-4-2/h14-17,20-21H,3-12H2,1-2H3. The van der Waals surface area contributed by atoms with E-state index in [0.717, 1.165) is 19.3 Å². The van der Waals surface area contributed by atoms with Gasteiger partial charge in [-0.1, -0.05) is 19.8 Å². The molecule has 0 amide bonds. The number of hydrogen-bond acceptors (Lipinski definition) is 5. The highest BCUT2D eigenvalue weighted by atomic mass is 16.5. The molecule has 1 aliphatic rings. The summed E-state index contributed by atoms with van der Waals surface area (Å²) in [6.07, 6.45) is 4.65. The molecule has 4 unspecified atom stereocenters. The molecule has 0 aromatic carbocycles. The minimum absolute atomic E-state index is 0.102. The lowest BCUT2D eigenvalue weighted by Gasteiger charge is -2.23. The summed E-state index contributed by atoms with van der Waals surface area (Å²) in [7, 11) is 0. The summed E-state index contributed by atoms with van der Waals surface area (Å²) >= 11 is 0. The lowest BCUT2D eigenvalue weighted by Crippen LogP contribution is -2.24. The molecule has 0 aromatic rings. The van der Waals surface area contributed by atoms with Crippen molar-refractivity contribution in [3.05, 3.63) is 0 Å². The maximum Gasteiger partial charge on any atom is 0.305 e. The van der Waals surface area contributed by atoms with Crippen LogP contribution < -0.4 is 0 Å². The molecule has 0 aliphatic heterocycles. The van der Waals surface area contributed by atoms with Crippen LogP contribution in [0.3, 0.4) is 0 Å². The lowest BCUT2D eigenvalue weighted by molar-refractivity contribution is -0.143. The number of carbonyl (C=O) groups is 2. The average molecular weight is 328 g/mol. The number of aliphatic hydroxyl groups is 2. The summed E-state index contributed by atoms with van der Waals surface area (Å²) in [6.45, 7) is 4.22. The largest absolute Gasteiger partial charge is 0.466 e. The maximum absolute atomic E-state index is 11.9. The molecule has 134 valence electrons. The van der Waals surface area contributed by atoms with Gasteiger partial charge in [0.2, 0.25) is 0 Å². The van der Waals surface area contributed by atoms with Crippen LogP contribution in [0.15, 0.2) is 0 Å². The number of unbranched alkanes of at least 4 members (excludes halogenated alkanes) is 2. The Bertz CT molecular complexity index is 368. The van der Waals surface area contributed by atoms with Crippen molar-refractivity contribution in [2.24, 2.45) is 11.8 Å². The van der Waals surface area contributed by atoms with E-state index in [1.54, 1.807) is 6.92 Å². The number of Topliss-reactive ketones (excluding diaryl/α,β-unsaturated/α-hetero) is 1. The summed E-state index contributed by atoms with van der Waals surface area (Å²) in [4.78, 5) is 23.4. The quantitative estimate of drug-likeness (QED) is 0.450. The number of rotatable bonds is 11. The minimum atomic E-state index is -0.598. The van der Waals surface area contributed by atoms with Crippen LogP contribution in [0, 0.1) is 11.8 Å². The van der Waals surface area contributed by atoms with Gasteiger partial charge in [0.05, 0.1) is 18.8 Å². The van der Waals surface area contributed by atoms with Gasteiger partial charge in [-0.05, 0) is 44.4 Å². The van der Waals surface area contributed by atoms with Crippen molar-refractivity contribution in [3.8, 4) is 0 Å². The van der Waals surface area contributed by atoms with Crippen molar-refractivity contribution >= 4 is 11.8 Å². The second kappa shape index (κ2) is 10.8. The van der Waals surface area contributed by atoms with E-state index in [2.05, 4.69) is 6.92 Å². The second-order valence-corrected chi connectivity index (χ2v) is 6.58. The predicted molar refractivity (Wildman–Crippen MR) is 87.9 cm³/mol. The first-order chi connectivity index (χ1) is 11.0. The fourth-order valence-corrected chi connectivity index (χ4v) is 3.52. The summed E-state index contributed by atoms with van der Waals surface area (Å²) in [6, 6.07) is 0. The van der Waals surface area contributed by atoms with E-state index in [4.69, 9.17) is 4.74 Å². The van der Waals surface area contributed by atoms with Crippen molar-refractivity contribution in [2.75, 3.05) is 6.61 Å². The van der Waals surface area contributed by atoms with Gasteiger partial charge in [-0.3, -0.25) is 9.59 Å². The molecule has 0 bridgehead atoms. The van der Waals surface area contributed by atoms with Crippen LogP contribution in [0.25, 0.3) is 0 Å². The van der Waals surface area contributed by atoms with Crippen molar-refractivity contribution < 1.29 is 24.5 Å². The summed E-state index contributed by atoms with van der Waals surface area (Å²) < 4.78 is 4.91. The number of esters is 1. The van der Waals surface area contributed by atoms with E-state index in [0.29, 0.717) is 38.7 Å². The van der Waals surface area contributed by atoms with Crippen LogP contribution in [0.5, 0.6) is 0 Å². The molecule has 0 aromatic heterocycles. The zero-order valence-corrected chi connectivity index (χ0v) is 14.5. The van der Waals surface area contributed by atoms with E-state index < -0.39 is 12.2 Å². The zero-order valence-electron chi connectivity index (χ0n) is 14.5. The maximum atomic E-state index is 11.9. The molecule has 1 aliphatic carbocycles. The van der Waals surface area contributed by atoms with Crippen molar-refractivity contribution in [3.63, 3.8) is 0 Å². The molecule has 4 atom stereocenters. The van der Waals surface area contributed by atoms with E-state index in [1.807, 2.05) is 0 Å². The summed E-state index contributed by atoms with van der Waals surface area (Å²) in [5.41, 5.74) is 0. The van der Waals surface area contributed by atoms with Crippen LogP contribution >= 0.6 is 0 Å². The summed E-state index contributed by atoms with van der Waals surface area (Å²) in [5.74, 6) is -0.265. The minimum Gasteiger partial charge on any atom is -0.466 e. The zero-order chi connectivity index (χ0) is 17.2. The number of ketones is 1. The third kappa shape index (κ3) is 7.00. The third-order valence-corrected chi connectivity index (χ3v) is 4.82. The Kier molecular flexibility index (Phi) is 9.41. The van der Waals surface area contributed by atoms with E-state index in [1.165, 1.54) is 0 Å². The van der Waals surface area contributed by atoms with Crippen LogP contribution in [-0.2, 0) is 14.3 Å². The molecular weight excluding hydrogens is 296 g/mol. The fourth-order valence-electron chi connectivity index (χ4n) is 3.52. The molecule has 1 rings (SSSR count). The van der Waals surface area contributed by atoms with Gasteiger partial charge in [-0.15, -0.1) is 0 Å². The highest BCUT2D eigenvalue weighted by molar-refractivity contribution is 5.78. The molecule has 0 saturated heterocycles. The molecule has 1 saturated carbocycles. The molecule has 0 radical (unpaired) electrons. The Morgan fingerprint density at radius 2 is 1.57 bits per heavy atom. The van der Waals surface area contributed by atoms with Gasteiger partial charge >= 0.3 is 5.97 Å². The first-order valence-corrected chi connectivity index (χ1v) is 9.03. The van der Waals surface area contributed by atoms with E-state index >= 15 is 0 Å². The lowest BCUT2D eigenvalue weighted by atomic mass is 9.85. The first-order valence-electron chi connectivity index (χ1n) is 9.03.